The number of ether oxygens (including phenoxy) is 1. The fourth-order valence-corrected chi connectivity index (χ4v) is 3.91. The van der Waals surface area contributed by atoms with Gasteiger partial charge in [-0.25, -0.2) is 0 Å². The van der Waals surface area contributed by atoms with Gasteiger partial charge in [0.1, 0.15) is 5.78 Å². The summed E-state index contributed by atoms with van der Waals surface area (Å²) in [5.74, 6) is 0.289. The van der Waals surface area contributed by atoms with Crippen molar-refractivity contribution in [1.29, 1.82) is 0 Å². The number of ketones is 2. The monoisotopic (exact) mass is 284 g/mol. The number of allylic oxidation sites excluding steroid dienone is 2. The second-order valence-corrected chi connectivity index (χ2v) is 6.12. The molecular formula is C18H20O3. The highest BCUT2D eigenvalue weighted by Gasteiger charge is 2.55. The van der Waals surface area contributed by atoms with Crippen molar-refractivity contribution in [2.24, 2.45) is 11.3 Å². The molecule has 1 unspecified atom stereocenters. The van der Waals surface area contributed by atoms with E-state index in [1.165, 1.54) is 0 Å². The van der Waals surface area contributed by atoms with E-state index in [9.17, 15) is 9.59 Å². The van der Waals surface area contributed by atoms with Gasteiger partial charge in [-0.3, -0.25) is 9.59 Å². The predicted molar refractivity (Wildman–Crippen MR) is 80.0 cm³/mol. The lowest BCUT2D eigenvalue weighted by atomic mass is 9.68. The average Bonchev–Trinajstić information content (AvgIpc) is 2.74. The minimum absolute atomic E-state index is 0.0596. The number of hydrogen-bond donors (Lipinski definition) is 0. The molecule has 21 heavy (non-hydrogen) atoms. The first-order chi connectivity index (χ1) is 10.2. The fourth-order valence-electron chi connectivity index (χ4n) is 3.91. The highest BCUT2D eigenvalue weighted by Crippen LogP contribution is 2.53. The Balaban J connectivity index is 1.97. The molecule has 2 aliphatic rings. The smallest absolute Gasteiger partial charge is 0.156 e. The highest BCUT2D eigenvalue weighted by atomic mass is 16.5. The van der Waals surface area contributed by atoms with E-state index in [1.807, 2.05) is 36.4 Å². The summed E-state index contributed by atoms with van der Waals surface area (Å²) >= 11 is 0. The zero-order valence-electron chi connectivity index (χ0n) is 12.2. The van der Waals surface area contributed by atoms with Crippen molar-refractivity contribution in [2.45, 2.75) is 25.2 Å². The lowest BCUT2D eigenvalue weighted by Crippen LogP contribution is -2.38. The van der Waals surface area contributed by atoms with Gasteiger partial charge in [-0.15, -0.1) is 0 Å². The van der Waals surface area contributed by atoms with Crippen molar-refractivity contribution in [3.05, 3.63) is 48.0 Å². The van der Waals surface area contributed by atoms with Crippen molar-refractivity contribution in [3.63, 3.8) is 0 Å². The number of Topliss-reactive ketones (excluding diaryl/α,β-unsaturated/α-hetero) is 1. The van der Waals surface area contributed by atoms with E-state index in [0.717, 1.165) is 12.0 Å². The van der Waals surface area contributed by atoms with E-state index < -0.39 is 5.41 Å². The molecule has 3 atom stereocenters. The molecule has 3 rings (SSSR count). The third kappa shape index (κ3) is 2.36. The van der Waals surface area contributed by atoms with Gasteiger partial charge >= 0.3 is 0 Å². The molecule has 1 fully saturated rings. The minimum Gasteiger partial charge on any atom is -0.384 e. The topological polar surface area (TPSA) is 43.4 Å². The molecule has 2 aliphatic carbocycles. The third-order valence-electron chi connectivity index (χ3n) is 4.95. The van der Waals surface area contributed by atoms with Crippen LogP contribution in [0.5, 0.6) is 0 Å². The minimum atomic E-state index is -0.553. The molecule has 0 radical (unpaired) electrons. The fraction of sp³-hybridized carbons (Fsp3) is 0.444. The van der Waals surface area contributed by atoms with Crippen molar-refractivity contribution in [2.75, 3.05) is 13.7 Å². The maximum Gasteiger partial charge on any atom is 0.156 e. The normalized spacial score (nSPS) is 32.0. The summed E-state index contributed by atoms with van der Waals surface area (Å²) in [7, 11) is 1.66. The Kier molecular flexibility index (Phi) is 3.77. The summed E-state index contributed by atoms with van der Waals surface area (Å²) in [6, 6.07) is 9.89. The number of carbonyl (C=O) groups excluding carboxylic acids is 2. The second kappa shape index (κ2) is 5.57. The standard InChI is InChI=1S/C18H20O3/c1-21-12-14-10-16(13-6-3-2-4-7-13)17(20)18(14)9-5-8-15(19)11-18/h2-8,14,16H,9-12H2,1H3/t14-,16?,18-/m0/s1. The van der Waals surface area contributed by atoms with Crippen molar-refractivity contribution in [1.82, 2.24) is 0 Å². The molecule has 0 bridgehead atoms. The molecular weight excluding hydrogens is 264 g/mol. The predicted octanol–water partition coefficient (Wildman–Crippen LogP) is 2.91. The summed E-state index contributed by atoms with van der Waals surface area (Å²) in [4.78, 5) is 25.0. The van der Waals surface area contributed by atoms with Crippen LogP contribution in [0, 0.1) is 11.3 Å². The van der Waals surface area contributed by atoms with Crippen LogP contribution < -0.4 is 0 Å². The maximum atomic E-state index is 13.1. The zero-order chi connectivity index (χ0) is 14.9. The Bertz CT molecular complexity index is 575. The molecule has 1 saturated carbocycles. The van der Waals surface area contributed by atoms with E-state index in [4.69, 9.17) is 4.74 Å². The first-order valence-corrected chi connectivity index (χ1v) is 7.45. The van der Waals surface area contributed by atoms with Gasteiger partial charge in [0.05, 0.1) is 6.61 Å². The average molecular weight is 284 g/mol. The first-order valence-electron chi connectivity index (χ1n) is 7.45. The van der Waals surface area contributed by atoms with Gasteiger partial charge in [0, 0.05) is 24.9 Å². The SMILES string of the molecule is COC[C@@H]1CC(c2ccccc2)C(=O)[C@]12CC=CC(=O)C2. The molecule has 0 saturated heterocycles. The van der Waals surface area contributed by atoms with E-state index in [1.54, 1.807) is 13.2 Å². The van der Waals surface area contributed by atoms with E-state index in [-0.39, 0.29) is 23.4 Å². The van der Waals surface area contributed by atoms with Gasteiger partial charge in [0.15, 0.2) is 5.78 Å². The molecule has 3 nitrogen and oxygen atoms in total. The van der Waals surface area contributed by atoms with Gasteiger partial charge in [-0.05, 0) is 30.4 Å². The summed E-state index contributed by atoms with van der Waals surface area (Å²) < 4.78 is 5.33. The third-order valence-corrected chi connectivity index (χ3v) is 4.95. The Hall–Kier alpha value is -1.74. The van der Waals surface area contributed by atoms with Crippen LogP contribution in [0.25, 0.3) is 0 Å². The quantitative estimate of drug-likeness (QED) is 0.857. The van der Waals surface area contributed by atoms with Crippen LogP contribution in [-0.4, -0.2) is 25.3 Å². The summed E-state index contributed by atoms with van der Waals surface area (Å²) in [5, 5.41) is 0. The number of carbonyl (C=O) groups is 2. The molecule has 3 heteroatoms. The van der Waals surface area contributed by atoms with Gasteiger partial charge < -0.3 is 4.74 Å². The summed E-state index contributed by atoms with van der Waals surface area (Å²) in [5.41, 5.74) is 0.505. The van der Waals surface area contributed by atoms with Crippen LogP contribution in [0.2, 0.25) is 0 Å². The number of hydrogen-bond acceptors (Lipinski definition) is 3. The van der Waals surface area contributed by atoms with E-state index >= 15 is 0 Å². The van der Waals surface area contributed by atoms with Gasteiger partial charge in [0.25, 0.3) is 0 Å². The van der Waals surface area contributed by atoms with Gasteiger partial charge in [0.2, 0.25) is 0 Å². The molecule has 0 heterocycles. The van der Waals surface area contributed by atoms with Crippen LogP contribution in [0.15, 0.2) is 42.5 Å². The van der Waals surface area contributed by atoms with Crippen molar-refractivity contribution < 1.29 is 14.3 Å². The van der Waals surface area contributed by atoms with E-state index in [0.29, 0.717) is 19.4 Å². The van der Waals surface area contributed by atoms with E-state index in [2.05, 4.69) is 0 Å². The summed E-state index contributed by atoms with van der Waals surface area (Å²) in [6.45, 7) is 0.538. The number of methoxy groups -OCH3 is 1. The molecule has 0 N–H and O–H groups in total. The molecule has 1 aromatic carbocycles. The maximum absolute atomic E-state index is 13.1. The van der Waals surface area contributed by atoms with Gasteiger partial charge in [-0.1, -0.05) is 36.4 Å². The first kappa shape index (κ1) is 14.2. The Labute approximate surface area is 125 Å². The van der Waals surface area contributed by atoms with Crippen molar-refractivity contribution >= 4 is 11.6 Å². The second-order valence-electron chi connectivity index (χ2n) is 6.12. The van der Waals surface area contributed by atoms with Crippen LogP contribution >= 0.6 is 0 Å². The van der Waals surface area contributed by atoms with Crippen LogP contribution in [0.1, 0.15) is 30.7 Å². The molecule has 0 aliphatic heterocycles. The van der Waals surface area contributed by atoms with Crippen LogP contribution in [0.3, 0.4) is 0 Å². The molecule has 110 valence electrons. The molecule has 1 aromatic rings. The lowest BCUT2D eigenvalue weighted by Gasteiger charge is -2.34. The van der Waals surface area contributed by atoms with Crippen molar-refractivity contribution in [3.8, 4) is 0 Å². The largest absolute Gasteiger partial charge is 0.384 e. The molecule has 0 amide bonds. The Morgan fingerprint density at radius 3 is 2.67 bits per heavy atom. The van der Waals surface area contributed by atoms with Crippen LogP contribution in [0.4, 0.5) is 0 Å². The Morgan fingerprint density at radius 2 is 2.00 bits per heavy atom. The summed E-state index contributed by atoms with van der Waals surface area (Å²) in [6.07, 6.45) is 5.24. The molecule has 0 aromatic heterocycles. The lowest BCUT2D eigenvalue weighted by molar-refractivity contribution is -0.134. The zero-order valence-corrected chi connectivity index (χ0v) is 12.2. The highest BCUT2D eigenvalue weighted by molar-refractivity contribution is 6.01. The number of rotatable bonds is 3. The Morgan fingerprint density at radius 1 is 1.24 bits per heavy atom. The van der Waals surface area contributed by atoms with Gasteiger partial charge in [-0.2, -0.15) is 0 Å². The van der Waals surface area contributed by atoms with Crippen LogP contribution in [-0.2, 0) is 14.3 Å². The molecule has 1 spiro atoms. The number of benzene rings is 1.